The van der Waals surface area contributed by atoms with Crippen LogP contribution in [0.3, 0.4) is 0 Å². The SMILES string of the molecule is Cc1ccc2c(c1)SNc1ccccc1C2. The summed E-state index contributed by atoms with van der Waals surface area (Å²) in [6.07, 6.45) is 1.02. The van der Waals surface area contributed by atoms with Gasteiger partial charge in [-0.1, -0.05) is 30.3 Å². The van der Waals surface area contributed by atoms with Gasteiger partial charge in [-0.05, 0) is 47.7 Å². The molecule has 0 saturated carbocycles. The molecule has 0 bridgehead atoms. The van der Waals surface area contributed by atoms with E-state index in [1.165, 1.54) is 27.3 Å². The first-order valence-electron chi connectivity index (χ1n) is 5.43. The monoisotopic (exact) mass is 227 g/mol. The Balaban J connectivity index is 2.08. The topological polar surface area (TPSA) is 12.0 Å². The van der Waals surface area contributed by atoms with Gasteiger partial charge in [0, 0.05) is 17.0 Å². The molecule has 2 aromatic rings. The van der Waals surface area contributed by atoms with Crippen molar-refractivity contribution in [1.29, 1.82) is 0 Å². The molecule has 0 radical (unpaired) electrons. The fourth-order valence-corrected chi connectivity index (χ4v) is 2.93. The molecule has 1 aliphatic rings. The molecule has 0 unspecified atom stereocenters. The maximum Gasteiger partial charge on any atom is 0.0478 e. The summed E-state index contributed by atoms with van der Waals surface area (Å²) >= 11 is 1.72. The molecule has 0 spiro atoms. The zero-order valence-electron chi connectivity index (χ0n) is 9.16. The van der Waals surface area contributed by atoms with Gasteiger partial charge >= 0.3 is 0 Å². The van der Waals surface area contributed by atoms with Gasteiger partial charge in [0.15, 0.2) is 0 Å². The predicted octanol–water partition coefficient (Wildman–Crippen LogP) is 4.02. The lowest BCUT2D eigenvalue weighted by molar-refractivity contribution is 1.13. The Bertz CT molecular complexity index is 534. The van der Waals surface area contributed by atoms with Gasteiger partial charge in [0.05, 0.1) is 0 Å². The van der Waals surface area contributed by atoms with Gasteiger partial charge in [-0.25, -0.2) is 0 Å². The molecule has 2 aromatic carbocycles. The third kappa shape index (κ3) is 1.69. The Morgan fingerprint density at radius 1 is 1.06 bits per heavy atom. The molecule has 1 aliphatic heterocycles. The molecule has 0 atom stereocenters. The summed E-state index contributed by atoms with van der Waals surface area (Å²) in [5.74, 6) is 0. The van der Waals surface area contributed by atoms with Gasteiger partial charge in [0.2, 0.25) is 0 Å². The average Bonchev–Trinajstić information content (AvgIpc) is 2.48. The van der Waals surface area contributed by atoms with Crippen molar-refractivity contribution in [2.45, 2.75) is 18.2 Å². The first-order chi connectivity index (χ1) is 7.83. The molecule has 0 aromatic heterocycles. The lowest BCUT2D eigenvalue weighted by atomic mass is 10.0. The van der Waals surface area contributed by atoms with Crippen molar-refractivity contribution in [3.63, 3.8) is 0 Å². The Labute approximate surface area is 100 Å². The van der Waals surface area contributed by atoms with Crippen molar-refractivity contribution >= 4 is 17.6 Å². The highest BCUT2D eigenvalue weighted by Gasteiger charge is 2.12. The molecular formula is C14H13NS. The molecule has 1 N–H and O–H groups in total. The maximum atomic E-state index is 3.43. The van der Waals surface area contributed by atoms with Gasteiger partial charge in [-0.3, -0.25) is 0 Å². The number of nitrogens with one attached hydrogen (secondary N) is 1. The maximum absolute atomic E-state index is 3.43. The normalized spacial score (nSPS) is 13.3. The number of aryl methyl sites for hydroxylation is 1. The fourth-order valence-electron chi connectivity index (χ4n) is 1.99. The summed E-state index contributed by atoms with van der Waals surface area (Å²) in [7, 11) is 0. The van der Waals surface area contributed by atoms with Crippen molar-refractivity contribution in [3.8, 4) is 0 Å². The van der Waals surface area contributed by atoms with E-state index in [2.05, 4.69) is 54.1 Å². The van der Waals surface area contributed by atoms with E-state index in [0.29, 0.717) is 0 Å². The first kappa shape index (κ1) is 9.79. The molecule has 0 amide bonds. The van der Waals surface area contributed by atoms with Crippen LogP contribution in [0.2, 0.25) is 0 Å². The van der Waals surface area contributed by atoms with Gasteiger partial charge < -0.3 is 4.72 Å². The molecule has 0 fully saturated rings. The third-order valence-electron chi connectivity index (χ3n) is 2.89. The summed E-state index contributed by atoms with van der Waals surface area (Å²) in [4.78, 5) is 1.34. The lowest BCUT2D eigenvalue weighted by Gasteiger charge is -2.05. The van der Waals surface area contributed by atoms with E-state index in [1.54, 1.807) is 11.9 Å². The zero-order valence-corrected chi connectivity index (χ0v) is 9.97. The van der Waals surface area contributed by atoms with E-state index < -0.39 is 0 Å². The predicted molar refractivity (Wildman–Crippen MR) is 69.9 cm³/mol. The van der Waals surface area contributed by atoms with E-state index in [4.69, 9.17) is 0 Å². The molecule has 3 rings (SSSR count). The van der Waals surface area contributed by atoms with E-state index in [1.807, 2.05) is 0 Å². The Morgan fingerprint density at radius 2 is 1.94 bits per heavy atom. The van der Waals surface area contributed by atoms with Crippen LogP contribution in [0.5, 0.6) is 0 Å². The second-order valence-corrected chi connectivity index (χ2v) is 5.00. The number of benzene rings is 2. The van der Waals surface area contributed by atoms with Crippen LogP contribution in [0.4, 0.5) is 5.69 Å². The van der Waals surface area contributed by atoms with Crippen LogP contribution < -0.4 is 4.72 Å². The van der Waals surface area contributed by atoms with Gasteiger partial charge in [-0.2, -0.15) is 0 Å². The second-order valence-electron chi connectivity index (χ2n) is 4.15. The van der Waals surface area contributed by atoms with Crippen LogP contribution in [-0.2, 0) is 6.42 Å². The van der Waals surface area contributed by atoms with E-state index in [0.717, 1.165) is 6.42 Å². The number of para-hydroxylation sites is 1. The molecular weight excluding hydrogens is 214 g/mol. The molecule has 2 heteroatoms. The van der Waals surface area contributed by atoms with Gasteiger partial charge in [0.1, 0.15) is 0 Å². The summed E-state index contributed by atoms with van der Waals surface area (Å²) in [6, 6.07) is 15.2. The highest BCUT2D eigenvalue weighted by molar-refractivity contribution is 8.00. The molecule has 1 heterocycles. The van der Waals surface area contributed by atoms with Gasteiger partial charge in [-0.15, -0.1) is 0 Å². The largest absolute Gasteiger partial charge is 0.325 e. The van der Waals surface area contributed by atoms with Crippen LogP contribution in [0.1, 0.15) is 16.7 Å². The highest BCUT2D eigenvalue weighted by atomic mass is 32.2. The van der Waals surface area contributed by atoms with Crippen LogP contribution in [0.15, 0.2) is 47.4 Å². The van der Waals surface area contributed by atoms with Crippen LogP contribution >= 0.6 is 11.9 Å². The molecule has 80 valence electrons. The Morgan fingerprint density at radius 3 is 2.88 bits per heavy atom. The standard InChI is InChI=1S/C14H13NS/c1-10-6-7-12-9-11-4-2-3-5-13(11)15-16-14(12)8-10/h2-8,15H,9H2,1H3. The van der Waals surface area contributed by atoms with Crippen molar-refractivity contribution in [1.82, 2.24) is 0 Å². The molecule has 1 nitrogen and oxygen atoms in total. The summed E-state index contributed by atoms with van der Waals surface area (Å²) in [5, 5.41) is 0. The van der Waals surface area contributed by atoms with E-state index in [9.17, 15) is 0 Å². The molecule has 0 saturated heterocycles. The smallest absolute Gasteiger partial charge is 0.0478 e. The van der Waals surface area contributed by atoms with Crippen LogP contribution in [0.25, 0.3) is 0 Å². The quantitative estimate of drug-likeness (QED) is 0.682. The van der Waals surface area contributed by atoms with Crippen molar-refractivity contribution in [2.24, 2.45) is 0 Å². The number of fused-ring (bicyclic) bond motifs is 2. The zero-order chi connectivity index (χ0) is 11.0. The molecule has 0 aliphatic carbocycles. The third-order valence-corrected chi connectivity index (χ3v) is 3.81. The van der Waals surface area contributed by atoms with E-state index >= 15 is 0 Å². The average molecular weight is 227 g/mol. The Hall–Kier alpha value is -1.41. The summed E-state index contributed by atoms with van der Waals surface area (Å²) < 4.78 is 3.43. The number of hydrogen-bond acceptors (Lipinski definition) is 2. The van der Waals surface area contributed by atoms with Crippen molar-refractivity contribution in [3.05, 3.63) is 59.2 Å². The minimum Gasteiger partial charge on any atom is -0.325 e. The van der Waals surface area contributed by atoms with Crippen molar-refractivity contribution < 1.29 is 0 Å². The lowest BCUT2D eigenvalue weighted by Crippen LogP contribution is -1.89. The number of rotatable bonds is 0. The molecule has 16 heavy (non-hydrogen) atoms. The highest BCUT2D eigenvalue weighted by Crippen LogP contribution is 2.33. The first-order valence-corrected chi connectivity index (χ1v) is 6.25. The van der Waals surface area contributed by atoms with E-state index in [-0.39, 0.29) is 0 Å². The fraction of sp³-hybridized carbons (Fsp3) is 0.143. The van der Waals surface area contributed by atoms with Gasteiger partial charge in [0.25, 0.3) is 0 Å². The second kappa shape index (κ2) is 3.87. The van der Waals surface area contributed by atoms with Crippen LogP contribution in [-0.4, -0.2) is 0 Å². The minimum absolute atomic E-state index is 1.02. The van der Waals surface area contributed by atoms with Crippen molar-refractivity contribution in [2.75, 3.05) is 4.72 Å². The number of hydrogen-bond donors (Lipinski definition) is 1. The Kier molecular flexibility index (Phi) is 2.37. The minimum atomic E-state index is 1.02. The summed E-state index contributed by atoms with van der Waals surface area (Å²) in [5.41, 5.74) is 5.34. The number of anilines is 1. The van der Waals surface area contributed by atoms with Crippen LogP contribution in [0, 0.1) is 6.92 Å². The summed E-state index contributed by atoms with van der Waals surface area (Å²) in [6.45, 7) is 2.14.